The smallest absolute Gasteiger partial charge is 0.303 e. The minimum absolute atomic E-state index is 0.0973. The first-order valence-electron chi connectivity index (χ1n) is 4.76. The van der Waals surface area contributed by atoms with Crippen LogP contribution in [-0.2, 0) is 9.53 Å². The zero-order valence-corrected chi connectivity index (χ0v) is 9.09. The Hall–Kier alpha value is -0.790. The molecule has 0 heterocycles. The van der Waals surface area contributed by atoms with E-state index in [1.807, 2.05) is 6.92 Å². The molecule has 2 heteroatoms. The van der Waals surface area contributed by atoms with Gasteiger partial charge in [-0.1, -0.05) is 20.4 Å². The highest BCUT2D eigenvalue weighted by atomic mass is 16.5. The van der Waals surface area contributed by atoms with Crippen LogP contribution in [0.4, 0.5) is 0 Å². The summed E-state index contributed by atoms with van der Waals surface area (Å²) < 4.78 is 5.12. The van der Waals surface area contributed by atoms with Gasteiger partial charge in [0.1, 0.15) is 6.10 Å². The van der Waals surface area contributed by atoms with Gasteiger partial charge in [0.25, 0.3) is 0 Å². The highest BCUT2D eigenvalue weighted by molar-refractivity contribution is 5.66. The van der Waals surface area contributed by atoms with E-state index in [2.05, 4.69) is 20.4 Å². The van der Waals surface area contributed by atoms with E-state index in [1.165, 1.54) is 6.92 Å². The Bertz CT molecular complexity index is 183. The fourth-order valence-electron chi connectivity index (χ4n) is 1.09. The quantitative estimate of drug-likeness (QED) is 0.485. The molecule has 0 aromatic rings. The van der Waals surface area contributed by atoms with Gasteiger partial charge in [0.05, 0.1) is 0 Å². The summed E-state index contributed by atoms with van der Waals surface area (Å²) in [4.78, 5) is 10.7. The van der Waals surface area contributed by atoms with Crippen molar-refractivity contribution in [1.29, 1.82) is 0 Å². The van der Waals surface area contributed by atoms with Crippen LogP contribution in [-0.4, -0.2) is 12.1 Å². The summed E-state index contributed by atoms with van der Waals surface area (Å²) in [5.41, 5.74) is 0.927. The Kier molecular flexibility index (Phi) is 5.44. The fraction of sp³-hybridized carbons (Fsp3) is 0.727. The van der Waals surface area contributed by atoms with Crippen LogP contribution < -0.4 is 0 Å². The molecule has 1 atom stereocenters. The molecule has 0 saturated carbocycles. The van der Waals surface area contributed by atoms with Gasteiger partial charge in [-0.2, -0.15) is 0 Å². The number of hydrogen-bond donors (Lipinski definition) is 0. The zero-order valence-electron chi connectivity index (χ0n) is 9.09. The van der Waals surface area contributed by atoms with Crippen molar-refractivity contribution >= 4 is 5.97 Å². The van der Waals surface area contributed by atoms with E-state index in [1.54, 1.807) is 0 Å². The van der Waals surface area contributed by atoms with Crippen LogP contribution in [0.25, 0.3) is 0 Å². The lowest BCUT2D eigenvalue weighted by Crippen LogP contribution is -2.17. The standard InChI is InChI=1S/C11H20O2/c1-8(2)6-7-11(9(3)4)13-10(5)12/h8,11H,3,6-7H2,1-2,4-5H3. The van der Waals surface area contributed by atoms with Crippen molar-refractivity contribution < 1.29 is 9.53 Å². The second-order valence-electron chi connectivity index (χ2n) is 3.92. The summed E-state index contributed by atoms with van der Waals surface area (Å²) in [6, 6.07) is 0. The number of rotatable bonds is 5. The van der Waals surface area contributed by atoms with Crippen molar-refractivity contribution in [2.75, 3.05) is 0 Å². The monoisotopic (exact) mass is 184 g/mol. The predicted molar refractivity (Wildman–Crippen MR) is 54.4 cm³/mol. The molecule has 0 aliphatic rings. The van der Waals surface area contributed by atoms with E-state index >= 15 is 0 Å². The maximum Gasteiger partial charge on any atom is 0.303 e. The second kappa shape index (κ2) is 5.79. The largest absolute Gasteiger partial charge is 0.458 e. The summed E-state index contributed by atoms with van der Waals surface area (Å²) in [5, 5.41) is 0. The van der Waals surface area contributed by atoms with Crippen molar-refractivity contribution in [2.45, 2.75) is 46.6 Å². The van der Waals surface area contributed by atoms with Crippen LogP contribution in [0.15, 0.2) is 12.2 Å². The number of carbonyl (C=O) groups is 1. The molecule has 0 aromatic carbocycles. The number of esters is 1. The van der Waals surface area contributed by atoms with Crippen molar-refractivity contribution in [3.05, 3.63) is 12.2 Å². The van der Waals surface area contributed by atoms with Crippen molar-refractivity contribution in [3.63, 3.8) is 0 Å². The Balaban J connectivity index is 3.95. The Morgan fingerprint density at radius 2 is 1.85 bits per heavy atom. The molecule has 0 aliphatic heterocycles. The minimum Gasteiger partial charge on any atom is -0.458 e. The number of ether oxygens (including phenoxy) is 1. The average Bonchev–Trinajstić information content (AvgIpc) is 1.96. The van der Waals surface area contributed by atoms with E-state index in [0.717, 1.165) is 18.4 Å². The normalized spacial score (nSPS) is 12.7. The first kappa shape index (κ1) is 12.2. The molecular weight excluding hydrogens is 164 g/mol. The van der Waals surface area contributed by atoms with Gasteiger partial charge in [-0.3, -0.25) is 4.79 Å². The van der Waals surface area contributed by atoms with Crippen LogP contribution in [0.5, 0.6) is 0 Å². The first-order valence-corrected chi connectivity index (χ1v) is 4.76. The van der Waals surface area contributed by atoms with Crippen LogP contribution >= 0.6 is 0 Å². The molecule has 0 bridgehead atoms. The van der Waals surface area contributed by atoms with Gasteiger partial charge in [-0.15, -0.1) is 0 Å². The molecule has 0 aromatic heterocycles. The summed E-state index contributed by atoms with van der Waals surface area (Å²) in [6.07, 6.45) is 1.84. The molecule has 0 radical (unpaired) electrons. The molecule has 0 aliphatic carbocycles. The van der Waals surface area contributed by atoms with E-state index in [9.17, 15) is 4.79 Å². The van der Waals surface area contributed by atoms with E-state index in [4.69, 9.17) is 4.74 Å². The molecule has 0 saturated heterocycles. The Morgan fingerprint density at radius 1 is 1.31 bits per heavy atom. The van der Waals surface area contributed by atoms with Gasteiger partial charge in [0, 0.05) is 6.92 Å². The zero-order chi connectivity index (χ0) is 10.4. The van der Waals surface area contributed by atoms with E-state index in [0.29, 0.717) is 5.92 Å². The lowest BCUT2D eigenvalue weighted by Gasteiger charge is -2.17. The third-order valence-corrected chi connectivity index (χ3v) is 1.86. The SMILES string of the molecule is C=C(C)C(CCC(C)C)OC(C)=O. The maximum atomic E-state index is 10.7. The molecule has 2 nitrogen and oxygen atoms in total. The number of carbonyl (C=O) groups excluding carboxylic acids is 1. The molecular formula is C11H20O2. The molecule has 0 amide bonds. The van der Waals surface area contributed by atoms with Gasteiger partial charge in [-0.05, 0) is 31.3 Å². The molecule has 1 unspecified atom stereocenters. The molecule has 76 valence electrons. The third-order valence-electron chi connectivity index (χ3n) is 1.86. The number of hydrogen-bond acceptors (Lipinski definition) is 2. The van der Waals surface area contributed by atoms with Crippen molar-refractivity contribution in [1.82, 2.24) is 0 Å². The van der Waals surface area contributed by atoms with E-state index < -0.39 is 0 Å². The summed E-state index contributed by atoms with van der Waals surface area (Å²) in [6.45, 7) is 11.5. The fourth-order valence-corrected chi connectivity index (χ4v) is 1.09. The molecule has 0 N–H and O–H groups in total. The summed E-state index contributed by atoms with van der Waals surface area (Å²) in [5.74, 6) is 0.411. The molecule has 0 fully saturated rings. The van der Waals surface area contributed by atoms with Gasteiger partial charge in [-0.25, -0.2) is 0 Å². The third kappa shape index (κ3) is 6.38. The lowest BCUT2D eigenvalue weighted by molar-refractivity contribution is -0.144. The Labute approximate surface area is 81.0 Å². The van der Waals surface area contributed by atoms with Gasteiger partial charge < -0.3 is 4.74 Å². The van der Waals surface area contributed by atoms with Gasteiger partial charge in [0.2, 0.25) is 0 Å². The van der Waals surface area contributed by atoms with Crippen LogP contribution in [0, 0.1) is 5.92 Å². The van der Waals surface area contributed by atoms with Crippen molar-refractivity contribution in [3.8, 4) is 0 Å². The maximum absolute atomic E-state index is 10.7. The minimum atomic E-state index is -0.225. The highest BCUT2D eigenvalue weighted by Crippen LogP contribution is 2.15. The second-order valence-corrected chi connectivity index (χ2v) is 3.92. The van der Waals surface area contributed by atoms with E-state index in [-0.39, 0.29) is 12.1 Å². The average molecular weight is 184 g/mol. The first-order chi connectivity index (χ1) is 5.93. The topological polar surface area (TPSA) is 26.3 Å². The molecule has 13 heavy (non-hydrogen) atoms. The van der Waals surface area contributed by atoms with Crippen molar-refractivity contribution in [2.24, 2.45) is 5.92 Å². The van der Waals surface area contributed by atoms with Crippen LogP contribution in [0.3, 0.4) is 0 Å². The lowest BCUT2D eigenvalue weighted by atomic mass is 10.0. The van der Waals surface area contributed by atoms with Crippen LogP contribution in [0.1, 0.15) is 40.5 Å². The molecule has 0 spiro atoms. The predicted octanol–water partition coefficient (Wildman–Crippen LogP) is 2.93. The highest BCUT2D eigenvalue weighted by Gasteiger charge is 2.12. The summed E-state index contributed by atoms with van der Waals surface area (Å²) >= 11 is 0. The Morgan fingerprint density at radius 3 is 2.15 bits per heavy atom. The molecule has 0 rings (SSSR count). The van der Waals surface area contributed by atoms with Crippen LogP contribution in [0.2, 0.25) is 0 Å². The summed E-state index contributed by atoms with van der Waals surface area (Å²) in [7, 11) is 0. The van der Waals surface area contributed by atoms with Gasteiger partial charge in [0.15, 0.2) is 0 Å². The van der Waals surface area contributed by atoms with Gasteiger partial charge >= 0.3 is 5.97 Å².